The van der Waals surface area contributed by atoms with Crippen LogP contribution in [0.3, 0.4) is 0 Å². The van der Waals surface area contributed by atoms with E-state index >= 15 is 0 Å². The lowest BCUT2D eigenvalue weighted by atomic mass is 10.5. The smallest absolute Gasteiger partial charge is 0.249 e. The van der Waals surface area contributed by atoms with Crippen LogP contribution in [0.4, 0.5) is 0 Å². The molecule has 0 spiro atoms. The molecule has 0 aliphatic carbocycles. The van der Waals surface area contributed by atoms with Crippen molar-refractivity contribution in [1.82, 2.24) is 9.71 Å². The molecule has 0 saturated heterocycles. The van der Waals surface area contributed by atoms with E-state index in [9.17, 15) is 8.42 Å². The molecule has 2 rings (SSSR count). The summed E-state index contributed by atoms with van der Waals surface area (Å²) in [7, 11) is -3.44. The highest BCUT2D eigenvalue weighted by molar-refractivity contribution is 7.91. The van der Waals surface area contributed by atoms with Gasteiger partial charge in [-0.1, -0.05) is 11.6 Å². The molecular weight excluding hydrogens is 312 g/mol. The Kier molecular flexibility index (Phi) is 4.39. The van der Waals surface area contributed by atoms with Crippen LogP contribution in [0, 0.1) is 6.92 Å². The molecule has 0 saturated carbocycles. The molecule has 0 fully saturated rings. The van der Waals surface area contributed by atoms with Gasteiger partial charge in [-0.3, -0.25) is 0 Å². The maximum absolute atomic E-state index is 11.9. The van der Waals surface area contributed by atoms with Crippen LogP contribution in [0.5, 0.6) is 0 Å². The van der Waals surface area contributed by atoms with Gasteiger partial charge in [0, 0.05) is 24.0 Å². The van der Waals surface area contributed by atoms with Crippen molar-refractivity contribution < 1.29 is 8.42 Å². The van der Waals surface area contributed by atoms with Crippen LogP contribution in [-0.2, 0) is 16.4 Å². The zero-order valence-electron chi connectivity index (χ0n) is 9.51. The van der Waals surface area contributed by atoms with Gasteiger partial charge < -0.3 is 0 Å². The summed E-state index contributed by atoms with van der Waals surface area (Å²) in [6, 6.07) is 3.08. The average molecular weight is 323 g/mol. The van der Waals surface area contributed by atoms with Crippen molar-refractivity contribution in [2.75, 3.05) is 6.54 Å². The van der Waals surface area contributed by atoms with Crippen LogP contribution in [0.15, 0.2) is 22.5 Å². The number of hydrogen-bond donors (Lipinski definition) is 1. The summed E-state index contributed by atoms with van der Waals surface area (Å²) in [6.45, 7) is 2.31. The van der Waals surface area contributed by atoms with E-state index in [1.54, 1.807) is 23.6 Å². The van der Waals surface area contributed by atoms with Crippen LogP contribution in [0.25, 0.3) is 0 Å². The van der Waals surface area contributed by atoms with Gasteiger partial charge in [-0.15, -0.1) is 22.7 Å². The second-order valence-corrected chi connectivity index (χ2v) is 8.60. The highest BCUT2D eigenvalue weighted by atomic mass is 35.5. The normalized spacial score (nSPS) is 11.9. The van der Waals surface area contributed by atoms with Crippen LogP contribution in [0.2, 0.25) is 4.34 Å². The third-order valence-corrected chi connectivity index (χ3v) is 6.27. The zero-order valence-corrected chi connectivity index (χ0v) is 12.7. The Balaban J connectivity index is 1.93. The minimum Gasteiger partial charge on any atom is -0.249 e. The highest BCUT2D eigenvalue weighted by Gasteiger charge is 2.15. The third-order valence-electron chi connectivity index (χ3n) is 2.11. The Labute approximate surface area is 119 Å². The van der Waals surface area contributed by atoms with Gasteiger partial charge in [0.2, 0.25) is 10.0 Å². The SMILES string of the molecule is Cc1cnc(CCNS(=O)(=O)c2ccc(Cl)s2)s1. The van der Waals surface area contributed by atoms with E-state index in [0.717, 1.165) is 21.2 Å². The number of nitrogens with zero attached hydrogens (tertiary/aromatic N) is 1. The lowest BCUT2D eigenvalue weighted by molar-refractivity contribution is 0.583. The summed E-state index contributed by atoms with van der Waals surface area (Å²) in [4.78, 5) is 5.30. The molecule has 18 heavy (non-hydrogen) atoms. The van der Waals surface area contributed by atoms with E-state index in [0.29, 0.717) is 17.3 Å². The van der Waals surface area contributed by atoms with Crippen molar-refractivity contribution in [2.45, 2.75) is 17.6 Å². The molecule has 4 nitrogen and oxygen atoms in total. The molecule has 2 aromatic rings. The fourth-order valence-electron chi connectivity index (χ4n) is 1.32. The molecule has 0 aliphatic rings. The number of thiazole rings is 1. The van der Waals surface area contributed by atoms with E-state index < -0.39 is 10.0 Å². The quantitative estimate of drug-likeness (QED) is 0.920. The summed E-state index contributed by atoms with van der Waals surface area (Å²) in [6.07, 6.45) is 2.38. The highest BCUT2D eigenvalue weighted by Crippen LogP contribution is 2.25. The Morgan fingerprint density at radius 1 is 1.39 bits per heavy atom. The van der Waals surface area contributed by atoms with E-state index in [1.165, 1.54) is 6.07 Å². The van der Waals surface area contributed by atoms with Gasteiger partial charge in [0.15, 0.2) is 0 Å². The monoisotopic (exact) mass is 322 g/mol. The van der Waals surface area contributed by atoms with Crippen molar-refractivity contribution in [3.63, 3.8) is 0 Å². The molecule has 8 heteroatoms. The van der Waals surface area contributed by atoms with Crippen LogP contribution in [0.1, 0.15) is 9.88 Å². The molecule has 98 valence electrons. The largest absolute Gasteiger partial charge is 0.250 e. The molecule has 0 amide bonds. The van der Waals surface area contributed by atoms with Crippen molar-refractivity contribution >= 4 is 44.3 Å². The first-order valence-corrected chi connectivity index (χ1v) is 8.63. The molecule has 0 unspecified atom stereocenters. The van der Waals surface area contributed by atoms with Gasteiger partial charge in [0.25, 0.3) is 0 Å². The number of aromatic nitrogens is 1. The third kappa shape index (κ3) is 3.52. The molecular formula is C10H11ClN2O2S3. The summed E-state index contributed by atoms with van der Waals surface area (Å²) in [5.74, 6) is 0. The van der Waals surface area contributed by atoms with E-state index in [2.05, 4.69) is 9.71 Å². The summed E-state index contributed by atoms with van der Waals surface area (Å²) in [5.41, 5.74) is 0. The Bertz CT molecular complexity index is 633. The van der Waals surface area contributed by atoms with Gasteiger partial charge in [-0.05, 0) is 19.1 Å². The fraction of sp³-hybridized carbons (Fsp3) is 0.300. The molecule has 0 aliphatic heterocycles. The fourth-order valence-corrected chi connectivity index (χ4v) is 4.67. The first-order chi connectivity index (χ1) is 8.47. The summed E-state index contributed by atoms with van der Waals surface area (Å²) >= 11 is 8.34. The molecule has 0 aromatic carbocycles. The first-order valence-electron chi connectivity index (χ1n) is 5.14. The van der Waals surface area contributed by atoms with Gasteiger partial charge >= 0.3 is 0 Å². The van der Waals surface area contributed by atoms with E-state index in [1.807, 2.05) is 6.92 Å². The van der Waals surface area contributed by atoms with Gasteiger partial charge in [0.05, 0.1) is 9.34 Å². The first kappa shape index (κ1) is 14.0. The van der Waals surface area contributed by atoms with Crippen molar-refractivity contribution in [3.8, 4) is 0 Å². The average Bonchev–Trinajstić information content (AvgIpc) is 2.88. The second-order valence-electron chi connectivity index (χ2n) is 3.57. The van der Waals surface area contributed by atoms with Crippen molar-refractivity contribution in [1.29, 1.82) is 0 Å². The predicted octanol–water partition coefficient (Wildman–Crippen LogP) is 2.69. The topological polar surface area (TPSA) is 59.1 Å². The Hall–Kier alpha value is -0.470. The maximum atomic E-state index is 11.9. The number of sulfonamides is 1. The number of nitrogens with one attached hydrogen (secondary N) is 1. The van der Waals surface area contributed by atoms with Gasteiger partial charge in [-0.2, -0.15) is 0 Å². The minimum atomic E-state index is -3.44. The van der Waals surface area contributed by atoms with E-state index in [-0.39, 0.29) is 4.21 Å². The summed E-state index contributed by atoms with van der Waals surface area (Å²) < 4.78 is 27.0. The Morgan fingerprint density at radius 2 is 2.17 bits per heavy atom. The van der Waals surface area contributed by atoms with Crippen molar-refractivity contribution in [3.05, 3.63) is 32.6 Å². The molecule has 0 radical (unpaired) electrons. The molecule has 1 N–H and O–H groups in total. The van der Waals surface area contributed by atoms with Crippen LogP contribution >= 0.6 is 34.3 Å². The van der Waals surface area contributed by atoms with Crippen LogP contribution in [-0.4, -0.2) is 19.9 Å². The Morgan fingerprint density at radius 3 is 2.72 bits per heavy atom. The molecule has 0 atom stereocenters. The minimum absolute atomic E-state index is 0.239. The summed E-state index contributed by atoms with van der Waals surface area (Å²) in [5, 5.41) is 0.930. The van der Waals surface area contributed by atoms with Gasteiger partial charge in [-0.25, -0.2) is 18.1 Å². The van der Waals surface area contributed by atoms with E-state index in [4.69, 9.17) is 11.6 Å². The maximum Gasteiger partial charge on any atom is 0.250 e. The number of thiophene rings is 1. The number of hydrogen-bond acceptors (Lipinski definition) is 5. The van der Waals surface area contributed by atoms with Crippen molar-refractivity contribution in [2.24, 2.45) is 0 Å². The number of aryl methyl sites for hydroxylation is 1. The zero-order chi connectivity index (χ0) is 13.2. The second kappa shape index (κ2) is 5.66. The molecule has 0 bridgehead atoms. The molecule has 2 heterocycles. The lowest BCUT2D eigenvalue weighted by Crippen LogP contribution is -2.25. The number of halogens is 1. The predicted molar refractivity (Wildman–Crippen MR) is 75.1 cm³/mol. The van der Waals surface area contributed by atoms with Crippen LogP contribution < -0.4 is 4.72 Å². The molecule has 2 aromatic heterocycles. The lowest BCUT2D eigenvalue weighted by Gasteiger charge is -2.02. The number of rotatable bonds is 5. The van der Waals surface area contributed by atoms with Gasteiger partial charge in [0.1, 0.15) is 4.21 Å². The standard InChI is InChI=1S/C10H11ClN2O2S3/c1-7-6-12-9(16-7)4-5-13-18(14,15)10-3-2-8(11)17-10/h2-3,6,13H,4-5H2,1H3.